The lowest BCUT2D eigenvalue weighted by atomic mass is 10.2. The van der Waals surface area contributed by atoms with Gasteiger partial charge in [0.2, 0.25) is 0 Å². The number of nitrogen functional groups attached to an aromatic ring is 1. The van der Waals surface area contributed by atoms with Gasteiger partial charge in [0.15, 0.2) is 5.82 Å². The van der Waals surface area contributed by atoms with Crippen LogP contribution in [0.15, 0.2) is 35.7 Å². The molecule has 0 spiro atoms. The van der Waals surface area contributed by atoms with Crippen LogP contribution in [0.2, 0.25) is 0 Å². The average molecular weight is 245 g/mol. The lowest BCUT2D eigenvalue weighted by molar-refractivity contribution is 0.629. The number of anilines is 1. The second-order valence-corrected chi connectivity index (χ2v) is 4.52. The number of thiophene rings is 1. The minimum atomic E-state index is -0.336. The molecule has 1 aromatic carbocycles. The monoisotopic (exact) mass is 245 g/mol. The van der Waals surface area contributed by atoms with Gasteiger partial charge in [0, 0.05) is 5.39 Å². The van der Waals surface area contributed by atoms with Crippen molar-refractivity contribution in [2.45, 2.75) is 0 Å². The van der Waals surface area contributed by atoms with Gasteiger partial charge < -0.3 is 5.73 Å². The van der Waals surface area contributed by atoms with Crippen LogP contribution in [0.3, 0.4) is 0 Å². The number of aromatic nitrogens is 2. The number of halogens is 1. The van der Waals surface area contributed by atoms with Crippen LogP contribution in [0.1, 0.15) is 0 Å². The summed E-state index contributed by atoms with van der Waals surface area (Å²) >= 11 is 1.54. The predicted molar refractivity (Wildman–Crippen MR) is 67.2 cm³/mol. The van der Waals surface area contributed by atoms with Gasteiger partial charge in [0.05, 0.1) is 10.4 Å². The second-order valence-electron chi connectivity index (χ2n) is 3.57. The van der Waals surface area contributed by atoms with Crippen molar-refractivity contribution < 1.29 is 4.39 Å². The van der Waals surface area contributed by atoms with Crippen LogP contribution in [0, 0.1) is 5.82 Å². The fraction of sp³-hybridized carbons (Fsp3) is 0. The van der Waals surface area contributed by atoms with Crippen LogP contribution in [0.4, 0.5) is 10.2 Å². The third-order valence-electron chi connectivity index (χ3n) is 2.43. The Morgan fingerprint density at radius 1 is 1.18 bits per heavy atom. The number of nitrogens with two attached hydrogens (primary N) is 1. The zero-order valence-corrected chi connectivity index (χ0v) is 9.54. The van der Waals surface area contributed by atoms with Gasteiger partial charge in [0.1, 0.15) is 11.6 Å². The number of fused-ring (bicyclic) bond motifs is 1. The van der Waals surface area contributed by atoms with Crippen LogP contribution in [-0.4, -0.2) is 9.97 Å². The van der Waals surface area contributed by atoms with Crippen molar-refractivity contribution in [3.05, 3.63) is 41.5 Å². The van der Waals surface area contributed by atoms with Crippen molar-refractivity contribution in [2.75, 3.05) is 5.73 Å². The van der Waals surface area contributed by atoms with E-state index in [2.05, 4.69) is 9.97 Å². The van der Waals surface area contributed by atoms with E-state index < -0.39 is 0 Å². The highest BCUT2D eigenvalue weighted by Gasteiger charge is 2.08. The Morgan fingerprint density at radius 3 is 2.82 bits per heavy atom. The number of hydrogen-bond acceptors (Lipinski definition) is 4. The Morgan fingerprint density at radius 2 is 2.06 bits per heavy atom. The van der Waals surface area contributed by atoms with Gasteiger partial charge in [0.25, 0.3) is 0 Å². The Balaban J connectivity index is 2.28. The summed E-state index contributed by atoms with van der Waals surface area (Å²) in [5.74, 6) is 0.547. The molecular formula is C12H8FN3S. The maximum Gasteiger partial charge on any atom is 0.172 e. The Labute approximate surface area is 101 Å². The molecule has 2 heterocycles. The molecule has 0 aliphatic rings. The third-order valence-corrected chi connectivity index (χ3v) is 3.29. The molecule has 84 valence electrons. The van der Waals surface area contributed by atoms with Crippen LogP contribution < -0.4 is 5.73 Å². The van der Waals surface area contributed by atoms with Crippen LogP contribution in [0.25, 0.3) is 21.6 Å². The molecule has 0 radical (unpaired) electrons. The fourth-order valence-corrected chi connectivity index (χ4v) is 2.30. The summed E-state index contributed by atoms with van der Waals surface area (Å²) in [6, 6.07) is 8.18. The Hall–Kier alpha value is -2.01. The summed E-state index contributed by atoms with van der Waals surface area (Å²) in [6.07, 6.45) is 0. The molecule has 0 saturated heterocycles. The van der Waals surface area contributed by atoms with E-state index in [0.29, 0.717) is 22.5 Å². The van der Waals surface area contributed by atoms with E-state index in [1.165, 1.54) is 12.1 Å². The van der Waals surface area contributed by atoms with Gasteiger partial charge in [-0.05, 0) is 29.6 Å². The molecule has 2 N–H and O–H groups in total. The van der Waals surface area contributed by atoms with Crippen molar-refractivity contribution in [2.24, 2.45) is 0 Å². The maximum atomic E-state index is 13.1. The summed E-state index contributed by atoms with van der Waals surface area (Å²) < 4.78 is 13.1. The smallest absolute Gasteiger partial charge is 0.172 e. The summed E-state index contributed by atoms with van der Waals surface area (Å²) in [5.41, 5.74) is 6.47. The fourth-order valence-electron chi connectivity index (χ4n) is 1.64. The highest BCUT2D eigenvalue weighted by atomic mass is 32.1. The highest BCUT2D eigenvalue weighted by molar-refractivity contribution is 7.13. The first kappa shape index (κ1) is 10.2. The van der Waals surface area contributed by atoms with E-state index >= 15 is 0 Å². The Kier molecular flexibility index (Phi) is 2.26. The van der Waals surface area contributed by atoms with Crippen molar-refractivity contribution in [3.63, 3.8) is 0 Å². The third kappa shape index (κ3) is 1.74. The zero-order valence-electron chi connectivity index (χ0n) is 8.72. The molecule has 0 fully saturated rings. The molecule has 0 aliphatic heterocycles. The largest absolute Gasteiger partial charge is 0.383 e. The molecule has 17 heavy (non-hydrogen) atoms. The van der Waals surface area contributed by atoms with Crippen molar-refractivity contribution in [1.82, 2.24) is 9.97 Å². The molecule has 0 aliphatic carbocycles. The number of benzene rings is 1. The summed E-state index contributed by atoms with van der Waals surface area (Å²) in [4.78, 5) is 9.51. The first-order valence-electron chi connectivity index (χ1n) is 5.01. The average Bonchev–Trinajstić information content (AvgIpc) is 2.83. The van der Waals surface area contributed by atoms with E-state index in [0.717, 1.165) is 4.88 Å². The molecule has 5 heteroatoms. The van der Waals surface area contributed by atoms with Gasteiger partial charge in [-0.1, -0.05) is 6.07 Å². The molecule has 0 saturated carbocycles. The normalized spacial score (nSPS) is 10.9. The number of rotatable bonds is 1. The molecule has 0 atom stereocenters. The van der Waals surface area contributed by atoms with Crippen molar-refractivity contribution >= 4 is 28.1 Å². The summed E-state index contributed by atoms with van der Waals surface area (Å²) in [7, 11) is 0. The standard InChI is InChI=1S/C12H8FN3S/c13-7-3-4-9-8(6-7)11(14)16-12(15-9)10-2-1-5-17-10/h1-6H,(H2,14,15,16). The molecule has 3 aromatic rings. The van der Waals surface area contributed by atoms with Gasteiger partial charge >= 0.3 is 0 Å². The van der Waals surface area contributed by atoms with E-state index in [9.17, 15) is 4.39 Å². The van der Waals surface area contributed by atoms with Gasteiger partial charge in [-0.25, -0.2) is 14.4 Å². The number of nitrogens with zero attached hydrogens (tertiary/aromatic N) is 2. The SMILES string of the molecule is Nc1nc(-c2cccs2)nc2ccc(F)cc12. The zero-order chi connectivity index (χ0) is 11.8. The second kappa shape index (κ2) is 3.78. The van der Waals surface area contributed by atoms with Gasteiger partial charge in [-0.3, -0.25) is 0 Å². The minimum absolute atomic E-state index is 0.304. The summed E-state index contributed by atoms with van der Waals surface area (Å²) in [6.45, 7) is 0. The van der Waals surface area contributed by atoms with Crippen molar-refractivity contribution in [1.29, 1.82) is 0 Å². The quantitative estimate of drug-likeness (QED) is 0.716. The Bertz CT molecular complexity index is 680. The van der Waals surface area contributed by atoms with E-state index in [4.69, 9.17) is 5.73 Å². The van der Waals surface area contributed by atoms with E-state index in [1.807, 2.05) is 17.5 Å². The van der Waals surface area contributed by atoms with E-state index in [-0.39, 0.29) is 5.82 Å². The van der Waals surface area contributed by atoms with Crippen LogP contribution in [0.5, 0.6) is 0 Å². The molecule has 3 rings (SSSR count). The topological polar surface area (TPSA) is 51.8 Å². The maximum absolute atomic E-state index is 13.1. The molecule has 0 amide bonds. The lowest BCUT2D eigenvalue weighted by Gasteiger charge is -2.03. The highest BCUT2D eigenvalue weighted by Crippen LogP contribution is 2.26. The van der Waals surface area contributed by atoms with Gasteiger partial charge in [-0.2, -0.15) is 0 Å². The molecular weight excluding hydrogens is 237 g/mol. The lowest BCUT2D eigenvalue weighted by Crippen LogP contribution is -1.97. The first-order chi connectivity index (χ1) is 8.24. The first-order valence-corrected chi connectivity index (χ1v) is 5.88. The molecule has 3 nitrogen and oxygen atoms in total. The number of hydrogen-bond donors (Lipinski definition) is 1. The van der Waals surface area contributed by atoms with Crippen LogP contribution >= 0.6 is 11.3 Å². The molecule has 0 bridgehead atoms. The van der Waals surface area contributed by atoms with Gasteiger partial charge in [-0.15, -0.1) is 11.3 Å². The van der Waals surface area contributed by atoms with Crippen molar-refractivity contribution in [3.8, 4) is 10.7 Å². The van der Waals surface area contributed by atoms with Crippen LogP contribution in [-0.2, 0) is 0 Å². The van der Waals surface area contributed by atoms with E-state index in [1.54, 1.807) is 17.4 Å². The molecule has 0 unspecified atom stereocenters. The molecule has 2 aromatic heterocycles. The minimum Gasteiger partial charge on any atom is -0.383 e. The predicted octanol–water partition coefficient (Wildman–Crippen LogP) is 3.08. The summed E-state index contributed by atoms with van der Waals surface area (Å²) in [5, 5.41) is 2.49.